The zero-order chi connectivity index (χ0) is 20.8. The summed E-state index contributed by atoms with van der Waals surface area (Å²) in [7, 11) is -3.12. The summed E-state index contributed by atoms with van der Waals surface area (Å²) >= 11 is 0. The van der Waals surface area contributed by atoms with Crippen molar-refractivity contribution in [2.75, 3.05) is 45.2 Å². The number of nitrogens with one attached hydrogen (secondary N) is 2. The summed E-state index contributed by atoms with van der Waals surface area (Å²) in [4.78, 5) is 4.47. The van der Waals surface area contributed by atoms with E-state index in [-0.39, 0.29) is 41.6 Å². The van der Waals surface area contributed by atoms with Gasteiger partial charge in [0.05, 0.1) is 24.2 Å². The van der Waals surface area contributed by atoms with E-state index in [9.17, 15) is 8.42 Å². The molecule has 172 valence electrons. The van der Waals surface area contributed by atoms with Crippen LogP contribution in [-0.2, 0) is 25.1 Å². The first kappa shape index (κ1) is 27.1. The smallest absolute Gasteiger partial charge is 0.191 e. The molecule has 1 atom stereocenters. The Morgan fingerprint density at radius 2 is 2.03 bits per heavy atom. The lowest BCUT2D eigenvalue weighted by Gasteiger charge is -2.12. The van der Waals surface area contributed by atoms with Crippen molar-refractivity contribution in [1.29, 1.82) is 0 Å². The molecule has 9 heteroatoms. The third-order valence-corrected chi connectivity index (χ3v) is 6.23. The minimum atomic E-state index is -3.12. The minimum absolute atomic E-state index is 0. The topological polar surface area (TPSA) is 89.0 Å². The molecule has 1 heterocycles. The molecule has 0 spiro atoms. The molecule has 2 N–H and O–H groups in total. The van der Waals surface area contributed by atoms with Crippen LogP contribution >= 0.6 is 24.0 Å². The fraction of sp³-hybridized carbons (Fsp3) is 0.667. The van der Waals surface area contributed by atoms with Gasteiger partial charge in [-0.3, -0.25) is 4.99 Å². The van der Waals surface area contributed by atoms with E-state index in [2.05, 4.69) is 15.6 Å². The Morgan fingerprint density at radius 1 is 1.23 bits per heavy atom. The van der Waals surface area contributed by atoms with Gasteiger partial charge in [0.15, 0.2) is 15.8 Å². The van der Waals surface area contributed by atoms with Gasteiger partial charge in [0.25, 0.3) is 0 Å². The zero-order valence-corrected chi connectivity index (χ0v) is 21.0. The van der Waals surface area contributed by atoms with E-state index >= 15 is 0 Å². The molecule has 0 radical (unpaired) electrons. The fourth-order valence-electron chi connectivity index (χ4n) is 3.09. The van der Waals surface area contributed by atoms with Crippen molar-refractivity contribution in [1.82, 2.24) is 10.6 Å². The van der Waals surface area contributed by atoms with Crippen LogP contribution in [0.3, 0.4) is 0 Å². The molecule has 1 aliphatic heterocycles. The van der Waals surface area contributed by atoms with E-state index in [0.717, 1.165) is 44.5 Å². The van der Waals surface area contributed by atoms with Gasteiger partial charge in [-0.2, -0.15) is 0 Å². The second-order valence-electron chi connectivity index (χ2n) is 7.18. The highest BCUT2D eigenvalue weighted by atomic mass is 127. The van der Waals surface area contributed by atoms with Crippen LogP contribution in [0.4, 0.5) is 0 Å². The number of hydrogen-bond acceptors (Lipinski definition) is 5. The minimum Gasteiger partial charge on any atom is -0.379 e. The van der Waals surface area contributed by atoms with Crippen molar-refractivity contribution in [2.45, 2.75) is 44.5 Å². The number of rotatable bonds is 13. The fourth-order valence-corrected chi connectivity index (χ4v) is 4.50. The number of aliphatic imine (C=N–C) groups is 1. The van der Waals surface area contributed by atoms with Gasteiger partial charge in [0.1, 0.15) is 0 Å². The predicted molar refractivity (Wildman–Crippen MR) is 132 cm³/mol. The third-order valence-electron chi connectivity index (χ3n) is 4.54. The normalized spacial score (nSPS) is 16.8. The Balaban J connectivity index is 0.00000450. The van der Waals surface area contributed by atoms with Crippen molar-refractivity contribution in [3.8, 4) is 0 Å². The maximum atomic E-state index is 12.2. The summed E-state index contributed by atoms with van der Waals surface area (Å²) in [5.74, 6) is 0.941. The van der Waals surface area contributed by atoms with Gasteiger partial charge in [0.2, 0.25) is 0 Å². The van der Waals surface area contributed by atoms with Gasteiger partial charge in [-0.25, -0.2) is 8.42 Å². The van der Waals surface area contributed by atoms with Crippen molar-refractivity contribution in [2.24, 2.45) is 4.99 Å². The van der Waals surface area contributed by atoms with Gasteiger partial charge in [-0.1, -0.05) is 30.3 Å². The van der Waals surface area contributed by atoms with E-state index in [1.54, 1.807) is 0 Å². The lowest BCUT2D eigenvalue weighted by molar-refractivity contribution is 0.0168. The van der Waals surface area contributed by atoms with Crippen molar-refractivity contribution in [3.05, 3.63) is 35.9 Å². The maximum Gasteiger partial charge on any atom is 0.191 e. The second-order valence-corrected chi connectivity index (χ2v) is 9.37. The molecule has 0 amide bonds. The molecule has 1 fully saturated rings. The van der Waals surface area contributed by atoms with Crippen LogP contribution in [0.5, 0.6) is 0 Å². The van der Waals surface area contributed by atoms with Gasteiger partial charge in [-0.05, 0) is 38.2 Å². The van der Waals surface area contributed by atoms with Gasteiger partial charge >= 0.3 is 0 Å². The zero-order valence-electron chi connectivity index (χ0n) is 17.8. The quantitative estimate of drug-likeness (QED) is 0.169. The first-order valence-electron chi connectivity index (χ1n) is 10.5. The lowest BCUT2D eigenvalue weighted by atomic mass is 10.2. The number of halogens is 1. The molecule has 1 saturated heterocycles. The molecule has 0 bridgehead atoms. The summed E-state index contributed by atoms with van der Waals surface area (Å²) in [6.07, 6.45) is 3.88. The molecule has 0 aliphatic carbocycles. The average Bonchev–Trinajstić information content (AvgIpc) is 3.21. The first-order valence-corrected chi connectivity index (χ1v) is 12.4. The van der Waals surface area contributed by atoms with E-state index in [1.807, 2.05) is 37.3 Å². The highest BCUT2D eigenvalue weighted by molar-refractivity contribution is 14.0. The maximum absolute atomic E-state index is 12.2. The molecule has 1 unspecified atom stereocenters. The molecule has 7 nitrogen and oxygen atoms in total. The Morgan fingerprint density at radius 3 is 2.73 bits per heavy atom. The summed E-state index contributed by atoms with van der Waals surface area (Å²) in [5, 5.41) is 6.45. The monoisotopic (exact) mass is 553 g/mol. The second kappa shape index (κ2) is 15.8. The number of hydrogen-bond donors (Lipinski definition) is 2. The van der Waals surface area contributed by atoms with E-state index in [4.69, 9.17) is 9.47 Å². The molecular formula is C21H36IN3O4S. The third kappa shape index (κ3) is 12.1. The van der Waals surface area contributed by atoms with Crippen LogP contribution in [0.25, 0.3) is 0 Å². The Kier molecular flexibility index (Phi) is 14.3. The Hall–Kier alpha value is -0.910. The average molecular weight is 554 g/mol. The van der Waals surface area contributed by atoms with Crippen LogP contribution in [0.2, 0.25) is 0 Å². The predicted octanol–water partition coefficient (Wildman–Crippen LogP) is 2.75. The summed E-state index contributed by atoms with van der Waals surface area (Å²) in [5.41, 5.74) is 0.827. The van der Waals surface area contributed by atoms with Crippen molar-refractivity contribution >= 4 is 39.8 Å². The van der Waals surface area contributed by atoms with Gasteiger partial charge < -0.3 is 20.1 Å². The Labute approximate surface area is 198 Å². The summed E-state index contributed by atoms with van der Waals surface area (Å²) in [6.45, 7) is 6.20. The highest BCUT2D eigenvalue weighted by Gasteiger charge is 2.15. The molecular weight excluding hydrogens is 517 g/mol. The molecule has 1 aromatic rings. The van der Waals surface area contributed by atoms with Crippen LogP contribution in [0.1, 0.15) is 38.2 Å². The van der Waals surface area contributed by atoms with Crippen LogP contribution < -0.4 is 10.6 Å². The van der Waals surface area contributed by atoms with E-state index in [1.165, 1.54) is 0 Å². The van der Waals surface area contributed by atoms with Crippen LogP contribution in [0, 0.1) is 0 Å². The highest BCUT2D eigenvalue weighted by Crippen LogP contribution is 2.11. The SMILES string of the molecule is CCNC(=NCCCS(=O)(=O)Cc1ccccc1)NCCCOCC1CCCO1.I. The number of ether oxygens (including phenoxy) is 2. The van der Waals surface area contributed by atoms with Crippen LogP contribution in [-0.4, -0.2) is 65.7 Å². The largest absolute Gasteiger partial charge is 0.379 e. The number of benzene rings is 1. The first-order chi connectivity index (χ1) is 14.1. The summed E-state index contributed by atoms with van der Waals surface area (Å²) in [6, 6.07) is 9.28. The Bertz CT molecular complexity index is 695. The van der Waals surface area contributed by atoms with Gasteiger partial charge in [0, 0.05) is 32.8 Å². The van der Waals surface area contributed by atoms with Gasteiger partial charge in [-0.15, -0.1) is 24.0 Å². The molecule has 2 rings (SSSR count). The molecule has 30 heavy (non-hydrogen) atoms. The standard InChI is InChI=1S/C21H35N3O4S.HI/c1-2-22-21(23-12-7-14-27-17-20-11-6-15-28-20)24-13-8-16-29(25,26)18-19-9-4-3-5-10-19;/h3-5,9-10,20H,2,6-8,11-18H2,1H3,(H2,22,23,24);1H. The number of guanidine groups is 1. The number of nitrogens with zero attached hydrogens (tertiary/aromatic N) is 1. The molecule has 0 aromatic heterocycles. The summed E-state index contributed by atoms with van der Waals surface area (Å²) < 4.78 is 35.7. The van der Waals surface area contributed by atoms with Crippen molar-refractivity contribution in [3.63, 3.8) is 0 Å². The van der Waals surface area contributed by atoms with E-state index in [0.29, 0.717) is 32.1 Å². The molecule has 0 saturated carbocycles. The lowest BCUT2D eigenvalue weighted by Crippen LogP contribution is -2.38. The van der Waals surface area contributed by atoms with E-state index < -0.39 is 9.84 Å². The van der Waals surface area contributed by atoms with Crippen molar-refractivity contribution < 1.29 is 17.9 Å². The molecule has 1 aliphatic rings. The number of sulfone groups is 1. The van der Waals surface area contributed by atoms with Crippen LogP contribution in [0.15, 0.2) is 35.3 Å². The molecule has 1 aromatic carbocycles.